The highest BCUT2D eigenvalue weighted by molar-refractivity contribution is 6.25. The van der Waals surface area contributed by atoms with Crippen molar-refractivity contribution in [3.8, 4) is 0 Å². The SMILES string of the molecule is CC1=NN(Cl)C(=O)C1. The first kappa shape index (κ1) is 5.56. The molecule has 3 nitrogen and oxygen atoms in total. The first-order valence-corrected chi connectivity index (χ1v) is 2.57. The Morgan fingerprint density at radius 2 is 2.50 bits per heavy atom. The van der Waals surface area contributed by atoms with Gasteiger partial charge < -0.3 is 0 Å². The molecule has 0 saturated heterocycles. The molecule has 0 unspecified atom stereocenters. The fraction of sp³-hybridized carbons (Fsp3) is 0.500. The highest BCUT2D eigenvalue weighted by atomic mass is 35.5. The van der Waals surface area contributed by atoms with Crippen molar-refractivity contribution in [2.75, 3.05) is 0 Å². The van der Waals surface area contributed by atoms with Crippen molar-refractivity contribution in [1.29, 1.82) is 0 Å². The predicted octanol–water partition coefficient (Wildman–Crippen LogP) is 0.748. The van der Waals surface area contributed by atoms with Crippen molar-refractivity contribution in [1.82, 2.24) is 4.53 Å². The van der Waals surface area contributed by atoms with Gasteiger partial charge in [0, 0.05) is 17.5 Å². The monoisotopic (exact) mass is 132 g/mol. The minimum atomic E-state index is -0.149. The van der Waals surface area contributed by atoms with Gasteiger partial charge in [0.25, 0.3) is 5.91 Å². The lowest BCUT2D eigenvalue weighted by atomic mass is 10.3. The van der Waals surface area contributed by atoms with E-state index in [2.05, 4.69) is 5.10 Å². The summed E-state index contributed by atoms with van der Waals surface area (Å²) in [4.78, 5) is 10.5. The summed E-state index contributed by atoms with van der Waals surface area (Å²) in [5.41, 5.74) is 0.769. The standard InChI is InChI=1S/C4H5ClN2O/c1-3-2-4(8)7(5)6-3/h2H2,1H3. The second-order valence-electron chi connectivity index (χ2n) is 1.67. The number of rotatable bonds is 0. The molecule has 0 saturated carbocycles. The first-order valence-electron chi connectivity index (χ1n) is 2.23. The number of hydrazone groups is 1. The molecule has 0 bridgehead atoms. The summed E-state index contributed by atoms with van der Waals surface area (Å²) >= 11 is 5.25. The van der Waals surface area contributed by atoms with Crippen LogP contribution in [0.1, 0.15) is 13.3 Å². The normalized spacial score (nSPS) is 19.5. The zero-order valence-electron chi connectivity index (χ0n) is 4.39. The van der Waals surface area contributed by atoms with Crippen molar-refractivity contribution in [2.45, 2.75) is 13.3 Å². The fourth-order valence-corrected chi connectivity index (χ4v) is 0.714. The third-order valence-corrected chi connectivity index (χ3v) is 1.14. The highest BCUT2D eigenvalue weighted by Gasteiger charge is 2.18. The summed E-state index contributed by atoms with van der Waals surface area (Å²) in [6, 6.07) is 0. The highest BCUT2D eigenvalue weighted by Crippen LogP contribution is 2.08. The molecule has 0 aromatic heterocycles. The van der Waals surface area contributed by atoms with Gasteiger partial charge >= 0.3 is 0 Å². The molecular formula is C4H5ClN2O. The van der Waals surface area contributed by atoms with E-state index in [1.165, 1.54) is 0 Å². The third-order valence-electron chi connectivity index (χ3n) is 0.871. The maximum absolute atomic E-state index is 10.5. The zero-order chi connectivity index (χ0) is 6.15. The second kappa shape index (κ2) is 1.74. The number of halogens is 1. The molecule has 0 aliphatic carbocycles. The third kappa shape index (κ3) is 0.816. The maximum Gasteiger partial charge on any atom is 0.263 e. The molecule has 0 fully saturated rings. The van der Waals surface area contributed by atoms with Crippen LogP contribution in [0.4, 0.5) is 0 Å². The molecule has 0 N–H and O–H groups in total. The van der Waals surface area contributed by atoms with Crippen molar-refractivity contribution >= 4 is 23.4 Å². The Kier molecular flexibility index (Phi) is 1.21. The Bertz CT molecular complexity index is 154. The topological polar surface area (TPSA) is 32.7 Å². The minimum absolute atomic E-state index is 0.149. The predicted molar refractivity (Wildman–Crippen MR) is 30.4 cm³/mol. The van der Waals surface area contributed by atoms with E-state index in [-0.39, 0.29) is 5.91 Å². The Hall–Kier alpha value is -0.570. The van der Waals surface area contributed by atoms with Crippen LogP contribution in [-0.4, -0.2) is 16.1 Å². The van der Waals surface area contributed by atoms with Crippen LogP contribution in [0.2, 0.25) is 0 Å². The summed E-state index contributed by atoms with van der Waals surface area (Å²) in [6.07, 6.45) is 0.365. The van der Waals surface area contributed by atoms with Gasteiger partial charge in [-0.25, -0.2) is 0 Å². The van der Waals surface area contributed by atoms with Gasteiger partial charge in [0.15, 0.2) is 0 Å². The molecule has 0 atom stereocenters. The molecule has 1 aliphatic heterocycles. The summed E-state index contributed by atoms with van der Waals surface area (Å²) in [5.74, 6) is -0.149. The largest absolute Gasteiger partial charge is 0.271 e. The summed E-state index contributed by atoms with van der Waals surface area (Å²) in [5, 5.41) is 3.64. The smallest absolute Gasteiger partial charge is 0.263 e. The van der Waals surface area contributed by atoms with Crippen LogP contribution in [0.5, 0.6) is 0 Å². The van der Waals surface area contributed by atoms with Crippen LogP contribution in [0, 0.1) is 0 Å². The van der Waals surface area contributed by atoms with Gasteiger partial charge in [-0.3, -0.25) is 4.79 Å². The van der Waals surface area contributed by atoms with E-state index in [9.17, 15) is 4.79 Å². The molecule has 1 aliphatic rings. The first-order chi connectivity index (χ1) is 3.70. The quantitative estimate of drug-likeness (QED) is 0.448. The maximum atomic E-state index is 10.5. The molecular weight excluding hydrogens is 128 g/mol. The van der Waals surface area contributed by atoms with Crippen molar-refractivity contribution in [3.05, 3.63) is 0 Å². The molecule has 0 aromatic rings. The number of amides is 1. The van der Waals surface area contributed by atoms with Crippen LogP contribution in [0.3, 0.4) is 0 Å². The Morgan fingerprint density at radius 3 is 2.62 bits per heavy atom. The Morgan fingerprint density at radius 1 is 1.88 bits per heavy atom. The van der Waals surface area contributed by atoms with E-state index in [1.54, 1.807) is 6.92 Å². The molecule has 0 radical (unpaired) electrons. The van der Waals surface area contributed by atoms with Crippen molar-refractivity contribution in [3.63, 3.8) is 0 Å². The van der Waals surface area contributed by atoms with Crippen molar-refractivity contribution in [2.24, 2.45) is 5.10 Å². The Balaban J connectivity index is 2.69. The lowest BCUT2D eigenvalue weighted by molar-refractivity contribution is -0.124. The number of nitrogens with zero attached hydrogens (tertiary/aromatic N) is 2. The van der Waals surface area contributed by atoms with Crippen LogP contribution < -0.4 is 0 Å². The molecule has 0 spiro atoms. The average molecular weight is 133 g/mol. The molecule has 8 heavy (non-hydrogen) atoms. The Labute approximate surface area is 52.0 Å². The van der Waals surface area contributed by atoms with Gasteiger partial charge in [-0.05, 0) is 6.92 Å². The van der Waals surface area contributed by atoms with Gasteiger partial charge in [0.05, 0.1) is 6.42 Å². The van der Waals surface area contributed by atoms with Crippen LogP contribution in [0.15, 0.2) is 5.10 Å². The van der Waals surface area contributed by atoms with Gasteiger partial charge in [-0.1, -0.05) is 0 Å². The van der Waals surface area contributed by atoms with E-state index in [0.717, 1.165) is 10.2 Å². The second-order valence-corrected chi connectivity index (χ2v) is 1.99. The average Bonchev–Trinajstić information content (AvgIpc) is 1.85. The van der Waals surface area contributed by atoms with E-state index < -0.39 is 0 Å². The van der Waals surface area contributed by atoms with E-state index in [4.69, 9.17) is 11.8 Å². The van der Waals surface area contributed by atoms with E-state index in [0.29, 0.717) is 6.42 Å². The molecule has 0 aromatic carbocycles. The number of carbonyl (C=O) groups excluding carboxylic acids is 1. The summed E-state index contributed by atoms with van der Waals surface area (Å²) in [7, 11) is 0. The fourth-order valence-electron chi connectivity index (χ4n) is 0.525. The van der Waals surface area contributed by atoms with E-state index >= 15 is 0 Å². The lowest BCUT2D eigenvalue weighted by Crippen LogP contribution is -2.07. The number of carbonyl (C=O) groups is 1. The van der Waals surface area contributed by atoms with E-state index in [1.807, 2.05) is 0 Å². The molecule has 1 rings (SSSR count). The van der Waals surface area contributed by atoms with Crippen LogP contribution in [0.25, 0.3) is 0 Å². The lowest BCUT2D eigenvalue weighted by Gasteiger charge is -1.93. The summed E-state index contributed by atoms with van der Waals surface area (Å²) < 4.78 is 0.843. The zero-order valence-corrected chi connectivity index (χ0v) is 5.14. The molecule has 44 valence electrons. The van der Waals surface area contributed by atoms with Gasteiger partial charge in [-0.15, -0.1) is 4.53 Å². The summed E-state index contributed by atoms with van der Waals surface area (Å²) in [6.45, 7) is 1.76. The number of hydrogen-bond acceptors (Lipinski definition) is 2. The van der Waals surface area contributed by atoms with Gasteiger partial charge in [-0.2, -0.15) is 5.10 Å². The molecule has 4 heteroatoms. The van der Waals surface area contributed by atoms with Crippen LogP contribution >= 0.6 is 11.8 Å². The number of hydrogen-bond donors (Lipinski definition) is 0. The molecule has 1 amide bonds. The van der Waals surface area contributed by atoms with Crippen LogP contribution in [-0.2, 0) is 4.79 Å². The van der Waals surface area contributed by atoms with Crippen molar-refractivity contribution < 1.29 is 4.79 Å². The van der Waals surface area contributed by atoms with Gasteiger partial charge in [0.1, 0.15) is 0 Å². The van der Waals surface area contributed by atoms with Gasteiger partial charge in [0.2, 0.25) is 0 Å². The molecule has 1 heterocycles. The minimum Gasteiger partial charge on any atom is -0.271 e.